The first-order valence-corrected chi connectivity index (χ1v) is 6.04. The van der Waals surface area contributed by atoms with Crippen LogP contribution >= 0.6 is 0 Å². The zero-order chi connectivity index (χ0) is 14.2. The molecule has 0 unspecified atom stereocenters. The zero-order valence-corrected chi connectivity index (χ0v) is 11.1. The van der Waals surface area contributed by atoms with Gasteiger partial charge in [0.05, 0.1) is 18.5 Å². The van der Waals surface area contributed by atoms with Crippen molar-refractivity contribution in [2.24, 2.45) is 10.2 Å². The van der Waals surface area contributed by atoms with Gasteiger partial charge in [-0.05, 0) is 48.5 Å². The van der Waals surface area contributed by atoms with E-state index in [0.29, 0.717) is 5.75 Å². The zero-order valence-electron chi connectivity index (χ0n) is 11.1. The van der Waals surface area contributed by atoms with Gasteiger partial charge in [-0.15, -0.1) is 6.42 Å². The van der Waals surface area contributed by atoms with E-state index in [-0.39, 0.29) is 6.61 Å². The van der Waals surface area contributed by atoms with Crippen molar-refractivity contribution < 1.29 is 9.47 Å². The number of terminal acetylenes is 1. The lowest BCUT2D eigenvalue weighted by molar-refractivity contribution is 0.370. The third-order valence-corrected chi connectivity index (χ3v) is 2.51. The third kappa shape index (κ3) is 3.85. The van der Waals surface area contributed by atoms with Crippen LogP contribution in [0.25, 0.3) is 0 Å². The molecule has 0 saturated heterocycles. The first-order valence-electron chi connectivity index (χ1n) is 6.04. The van der Waals surface area contributed by atoms with Crippen LogP contribution in [0.3, 0.4) is 0 Å². The Labute approximate surface area is 118 Å². The summed E-state index contributed by atoms with van der Waals surface area (Å²) in [6.07, 6.45) is 5.12. The van der Waals surface area contributed by atoms with Crippen LogP contribution in [0.5, 0.6) is 11.5 Å². The number of hydrogen-bond donors (Lipinski definition) is 0. The van der Waals surface area contributed by atoms with Crippen LogP contribution in [-0.2, 0) is 0 Å². The van der Waals surface area contributed by atoms with Gasteiger partial charge in [-0.2, -0.15) is 10.2 Å². The molecule has 0 bridgehead atoms. The van der Waals surface area contributed by atoms with Crippen molar-refractivity contribution in [3.8, 4) is 23.8 Å². The lowest BCUT2D eigenvalue weighted by Gasteiger charge is -2.01. The van der Waals surface area contributed by atoms with Gasteiger partial charge in [-0.3, -0.25) is 0 Å². The molecule has 0 spiro atoms. The monoisotopic (exact) mass is 266 g/mol. The molecular formula is C16H14N2O2. The van der Waals surface area contributed by atoms with Crippen LogP contribution in [0, 0.1) is 12.3 Å². The lowest BCUT2D eigenvalue weighted by atomic mass is 10.3. The van der Waals surface area contributed by atoms with E-state index >= 15 is 0 Å². The molecule has 0 aliphatic rings. The number of azo groups is 1. The van der Waals surface area contributed by atoms with E-state index in [1.54, 1.807) is 19.2 Å². The fraction of sp³-hybridized carbons (Fsp3) is 0.125. The maximum atomic E-state index is 5.28. The summed E-state index contributed by atoms with van der Waals surface area (Å²) in [6.45, 7) is 0.257. The second-order valence-electron chi connectivity index (χ2n) is 3.88. The SMILES string of the molecule is C#CCOc1ccc(N=Nc2ccc(OC)cc2)cc1. The summed E-state index contributed by atoms with van der Waals surface area (Å²) < 4.78 is 10.4. The van der Waals surface area contributed by atoms with Gasteiger partial charge in [-0.25, -0.2) is 0 Å². The Balaban J connectivity index is 2.01. The number of hydrogen-bond acceptors (Lipinski definition) is 4. The van der Waals surface area contributed by atoms with Crippen molar-refractivity contribution in [2.75, 3.05) is 13.7 Å². The molecule has 2 rings (SSSR count). The summed E-state index contributed by atoms with van der Waals surface area (Å²) in [5.74, 6) is 3.92. The number of rotatable bonds is 5. The minimum Gasteiger partial charge on any atom is -0.497 e. The van der Waals surface area contributed by atoms with E-state index in [2.05, 4.69) is 16.1 Å². The molecule has 0 fully saturated rings. The lowest BCUT2D eigenvalue weighted by Crippen LogP contribution is -1.92. The van der Waals surface area contributed by atoms with Gasteiger partial charge in [0.1, 0.15) is 18.1 Å². The van der Waals surface area contributed by atoms with Gasteiger partial charge in [0.25, 0.3) is 0 Å². The van der Waals surface area contributed by atoms with Gasteiger partial charge in [0.2, 0.25) is 0 Å². The fourth-order valence-corrected chi connectivity index (χ4v) is 1.50. The highest BCUT2D eigenvalue weighted by atomic mass is 16.5. The Hall–Kier alpha value is -2.80. The predicted octanol–water partition coefficient (Wildman–Crippen LogP) is 4.12. The number of ether oxygens (including phenoxy) is 2. The highest BCUT2D eigenvalue weighted by molar-refractivity contribution is 5.44. The van der Waals surface area contributed by atoms with Gasteiger partial charge in [-0.1, -0.05) is 5.92 Å². The Morgan fingerprint density at radius 1 is 0.900 bits per heavy atom. The fourth-order valence-electron chi connectivity index (χ4n) is 1.50. The van der Waals surface area contributed by atoms with E-state index < -0.39 is 0 Å². The van der Waals surface area contributed by atoms with E-state index in [0.717, 1.165) is 17.1 Å². The summed E-state index contributed by atoms with van der Waals surface area (Å²) in [7, 11) is 1.63. The van der Waals surface area contributed by atoms with Crippen molar-refractivity contribution in [3.05, 3.63) is 48.5 Å². The Morgan fingerprint density at radius 2 is 1.40 bits per heavy atom. The molecule has 0 amide bonds. The molecular weight excluding hydrogens is 252 g/mol. The topological polar surface area (TPSA) is 43.2 Å². The van der Waals surface area contributed by atoms with E-state index in [1.165, 1.54) is 0 Å². The summed E-state index contributed by atoms with van der Waals surface area (Å²) >= 11 is 0. The van der Waals surface area contributed by atoms with E-state index in [9.17, 15) is 0 Å². The van der Waals surface area contributed by atoms with Crippen LogP contribution in [-0.4, -0.2) is 13.7 Å². The number of benzene rings is 2. The Morgan fingerprint density at radius 3 is 1.85 bits per heavy atom. The minimum atomic E-state index is 0.257. The van der Waals surface area contributed by atoms with E-state index in [4.69, 9.17) is 15.9 Å². The summed E-state index contributed by atoms with van der Waals surface area (Å²) in [6, 6.07) is 14.6. The Kier molecular flexibility index (Phi) is 4.74. The number of methoxy groups -OCH3 is 1. The third-order valence-electron chi connectivity index (χ3n) is 2.51. The van der Waals surface area contributed by atoms with Crippen molar-refractivity contribution in [3.63, 3.8) is 0 Å². The molecule has 0 heterocycles. The molecule has 4 heteroatoms. The number of nitrogens with zero attached hydrogens (tertiary/aromatic N) is 2. The quantitative estimate of drug-likeness (QED) is 0.603. The van der Waals surface area contributed by atoms with Gasteiger partial charge in [0.15, 0.2) is 0 Å². The molecule has 0 aliphatic carbocycles. The highest BCUT2D eigenvalue weighted by Crippen LogP contribution is 2.22. The molecule has 0 N–H and O–H groups in total. The molecule has 0 aromatic heterocycles. The summed E-state index contributed by atoms with van der Waals surface area (Å²) in [5, 5.41) is 8.28. The molecule has 0 aliphatic heterocycles. The van der Waals surface area contributed by atoms with Crippen LogP contribution in [0.15, 0.2) is 58.8 Å². The van der Waals surface area contributed by atoms with Crippen molar-refractivity contribution in [1.29, 1.82) is 0 Å². The maximum Gasteiger partial charge on any atom is 0.148 e. The van der Waals surface area contributed by atoms with Crippen LogP contribution in [0.1, 0.15) is 0 Å². The van der Waals surface area contributed by atoms with Crippen LogP contribution < -0.4 is 9.47 Å². The normalized spacial score (nSPS) is 10.2. The minimum absolute atomic E-state index is 0.257. The summed E-state index contributed by atoms with van der Waals surface area (Å²) in [5.41, 5.74) is 1.51. The largest absolute Gasteiger partial charge is 0.497 e. The van der Waals surface area contributed by atoms with Crippen molar-refractivity contribution in [1.82, 2.24) is 0 Å². The molecule has 4 nitrogen and oxygen atoms in total. The average molecular weight is 266 g/mol. The van der Waals surface area contributed by atoms with E-state index in [1.807, 2.05) is 36.4 Å². The highest BCUT2D eigenvalue weighted by Gasteiger charge is 1.95. The standard InChI is InChI=1S/C16H14N2O2/c1-3-12-20-16-10-6-14(7-11-16)18-17-13-4-8-15(19-2)9-5-13/h1,4-11H,12H2,2H3. The van der Waals surface area contributed by atoms with Gasteiger partial charge >= 0.3 is 0 Å². The molecule has 20 heavy (non-hydrogen) atoms. The maximum absolute atomic E-state index is 5.28. The first-order chi connectivity index (χ1) is 9.81. The molecule has 0 atom stereocenters. The molecule has 2 aromatic rings. The predicted molar refractivity (Wildman–Crippen MR) is 77.9 cm³/mol. The molecule has 0 saturated carbocycles. The second-order valence-corrected chi connectivity index (χ2v) is 3.88. The Bertz CT molecular complexity index is 610. The smallest absolute Gasteiger partial charge is 0.148 e. The molecule has 100 valence electrons. The van der Waals surface area contributed by atoms with Crippen LogP contribution in [0.2, 0.25) is 0 Å². The molecule has 2 aromatic carbocycles. The first kappa shape index (κ1) is 13.6. The molecule has 0 radical (unpaired) electrons. The van der Waals surface area contributed by atoms with Crippen molar-refractivity contribution in [2.45, 2.75) is 0 Å². The van der Waals surface area contributed by atoms with Crippen LogP contribution in [0.4, 0.5) is 11.4 Å². The van der Waals surface area contributed by atoms with Gasteiger partial charge in [0, 0.05) is 0 Å². The average Bonchev–Trinajstić information content (AvgIpc) is 2.52. The van der Waals surface area contributed by atoms with Crippen molar-refractivity contribution >= 4 is 11.4 Å². The second kappa shape index (κ2) is 6.95. The van der Waals surface area contributed by atoms with Gasteiger partial charge < -0.3 is 9.47 Å². The summed E-state index contributed by atoms with van der Waals surface area (Å²) in [4.78, 5) is 0.